The summed E-state index contributed by atoms with van der Waals surface area (Å²) in [7, 11) is 0. The molecule has 0 bridgehead atoms. The van der Waals surface area contributed by atoms with Crippen LogP contribution in [0.1, 0.15) is 84.2 Å². The largest absolute Gasteiger partial charge is 0.379 e. The van der Waals surface area contributed by atoms with Crippen LogP contribution in [-0.2, 0) is 23.8 Å². The highest BCUT2D eigenvalue weighted by molar-refractivity contribution is 8.00. The second kappa shape index (κ2) is 20.8. The number of benzene rings is 1. The number of carbonyl (C=O) groups excluding carboxylic acids is 3. The summed E-state index contributed by atoms with van der Waals surface area (Å²) in [6.07, 6.45) is 4.91. The van der Waals surface area contributed by atoms with Crippen molar-refractivity contribution in [2.45, 2.75) is 89.1 Å². The summed E-state index contributed by atoms with van der Waals surface area (Å²) in [5, 5.41) is 22.9. The first kappa shape index (κ1) is 42.1. The van der Waals surface area contributed by atoms with E-state index >= 15 is 0 Å². The first-order chi connectivity index (χ1) is 27.2. The maximum absolute atomic E-state index is 13.2. The zero-order chi connectivity index (χ0) is 39.4. The van der Waals surface area contributed by atoms with Gasteiger partial charge < -0.3 is 35.5 Å². The van der Waals surface area contributed by atoms with Crippen molar-refractivity contribution in [3.8, 4) is 5.00 Å². The van der Waals surface area contributed by atoms with Gasteiger partial charge in [-0.15, -0.1) is 21.5 Å². The summed E-state index contributed by atoms with van der Waals surface area (Å²) in [6.45, 7) is 10.1. The van der Waals surface area contributed by atoms with E-state index in [9.17, 15) is 14.4 Å². The number of hydrogen-bond acceptors (Lipinski definition) is 11. The first-order valence-corrected chi connectivity index (χ1v) is 21.8. The number of nitrogens with one attached hydrogen (secondary N) is 4. The molecule has 5 heterocycles. The van der Waals surface area contributed by atoms with Crippen LogP contribution < -0.4 is 21.3 Å². The number of aromatic nitrogens is 3. The third-order valence-electron chi connectivity index (χ3n) is 10.1. The average Bonchev–Trinajstić information content (AvgIpc) is 3.91. The monoisotopic (exact) mass is 828 g/mol. The van der Waals surface area contributed by atoms with Gasteiger partial charge in [-0.2, -0.15) is 11.8 Å². The lowest BCUT2D eigenvalue weighted by atomic mass is 9.99. The normalized spacial score (nSPS) is 19.7. The van der Waals surface area contributed by atoms with E-state index in [2.05, 4.69) is 45.3 Å². The Balaban J connectivity index is 0.787. The standard InChI is InChI=1S/C39H53ClN8O6S2/c1-24-25(2)56-38-34(24)35(27-10-12-28(40)13-11-27)43-29(37-47-46-26(3)48(37)38)22-33(50)42-15-7-17-53-19-21-54-20-18-52-16-6-14-41-32(49)9-5-4-8-31-36-30(23-55-31)44-39(51)45-36/h10-13,29-31,36H,4-9,14-23H2,1-3H3,(H,41,49)(H,42,50)(H2,44,45,51)/t29?,30?,31-,36?/m1/s1. The third-order valence-corrected chi connectivity index (χ3v) is 13.1. The summed E-state index contributed by atoms with van der Waals surface area (Å²) >= 11 is 9.80. The zero-order valence-corrected chi connectivity index (χ0v) is 34.8. The fraction of sp³-hybridized carbons (Fsp3) is 0.590. The van der Waals surface area contributed by atoms with Crippen LogP contribution in [0.2, 0.25) is 5.02 Å². The van der Waals surface area contributed by atoms with Crippen molar-refractivity contribution in [1.29, 1.82) is 0 Å². The van der Waals surface area contributed by atoms with E-state index in [1.165, 1.54) is 4.88 Å². The van der Waals surface area contributed by atoms with Crippen molar-refractivity contribution in [2.75, 3.05) is 58.5 Å². The SMILES string of the molecule is Cc1sc2c(c1C)C(c1ccc(Cl)cc1)=NC(CC(=O)NCCCOCCOCCOCCCNC(=O)CCCC[C@H]1SCC3NC(=O)NC31)c1nnc(C)n1-2. The maximum Gasteiger partial charge on any atom is 0.315 e. The van der Waals surface area contributed by atoms with Crippen LogP contribution in [0.5, 0.6) is 0 Å². The Kier molecular flexibility index (Phi) is 15.6. The Morgan fingerprint density at radius 3 is 2.29 bits per heavy atom. The number of aryl methyl sites for hydroxylation is 2. The smallest absolute Gasteiger partial charge is 0.315 e. The van der Waals surface area contributed by atoms with Crippen molar-refractivity contribution >= 4 is 58.3 Å². The number of aliphatic imine (C=N–C) groups is 1. The Bertz CT molecular complexity index is 1840. The highest BCUT2D eigenvalue weighted by Gasteiger charge is 2.42. The Hall–Kier alpha value is -3.54. The molecule has 4 N–H and O–H groups in total. The number of halogens is 1. The number of fused-ring (bicyclic) bond motifs is 4. The van der Waals surface area contributed by atoms with E-state index in [1.54, 1.807) is 11.3 Å². The number of thiophene rings is 1. The van der Waals surface area contributed by atoms with Gasteiger partial charge in [0.1, 0.15) is 16.9 Å². The van der Waals surface area contributed by atoms with Crippen molar-refractivity contribution in [2.24, 2.45) is 4.99 Å². The molecule has 2 fully saturated rings. The van der Waals surface area contributed by atoms with Gasteiger partial charge in [-0.1, -0.05) is 30.2 Å². The molecule has 56 heavy (non-hydrogen) atoms. The summed E-state index contributed by atoms with van der Waals surface area (Å²) in [5.41, 5.74) is 3.93. The summed E-state index contributed by atoms with van der Waals surface area (Å²) < 4.78 is 18.9. The molecular weight excluding hydrogens is 776 g/mol. The predicted molar refractivity (Wildman–Crippen MR) is 220 cm³/mol. The number of unbranched alkanes of at least 4 members (excludes halogenated alkanes) is 1. The van der Waals surface area contributed by atoms with Crippen LogP contribution in [0.3, 0.4) is 0 Å². The van der Waals surface area contributed by atoms with Gasteiger partial charge in [-0.25, -0.2) is 4.79 Å². The van der Waals surface area contributed by atoms with Gasteiger partial charge in [0.15, 0.2) is 5.82 Å². The first-order valence-electron chi connectivity index (χ1n) is 19.5. The Morgan fingerprint density at radius 2 is 1.57 bits per heavy atom. The molecule has 4 amide bonds. The quantitative estimate of drug-likeness (QED) is 0.0807. The van der Waals surface area contributed by atoms with Crippen LogP contribution >= 0.6 is 34.7 Å². The van der Waals surface area contributed by atoms with E-state index in [0.717, 1.165) is 64.7 Å². The van der Waals surface area contributed by atoms with E-state index in [4.69, 9.17) is 30.8 Å². The number of thioether (sulfide) groups is 1. The lowest BCUT2D eigenvalue weighted by Crippen LogP contribution is -2.36. The maximum atomic E-state index is 13.2. The van der Waals surface area contributed by atoms with Gasteiger partial charge in [0.05, 0.1) is 50.6 Å². The average molecular weight is 829 g/mol. The number of ether oxygens (including phenoxy) is 3. The minimum Gasteiger partial charge on any atom is -0.379 e. The van der Waals surface area contributed by atoms with Crippen LogP contribution in [0.25, 0.3) is 5.00 Å². The van der Waals surface area contributed by atoms with Crippen molar-refractivity contribution in [1.82, 2.24) is 36.0 Å². The number of amides is 4. The highest BCUT2D eigenvalue weighted by Crippen LogP contribution is 2.39. The number of carbonyl (C=O) groups is 3. The number of nitrogens with zero attached hydrogens (tertiary/aromatic N) is 4. The molecule has 3 aliphatic rings. The lowest BCUT2D eigenvalue weighted by Gasteiger charge is -2.16. The van der Waals surface area contributed by atoms with E-state index in [-0.39, 0.29) is 36.3 Å². The molecule has 6 rings (SSSR count). The molecule has 14 nitrogen and oxygen atoms in total. The van der Waals surface area contributed by atoms with Crippen LogP contribution in [0.4, 0.5) is 4.79 Å². The molecule has 0 aliphatic carbocycles. The summed E-state index contributed by atoms with van der Waals surface area (Å²) in [6, 6.07) is 7.52. The molecule has 17 heteroatoms. The topological polar surface area (TPSA) is 170 Å². The Morgan fingerprint density at radius 1 is 0.893 bits per heavy atom. The lowest BCUT2D eigenvalue weighted by molar-refractivity contribution is -0.122. The second-order valence-electron chi connectivity index (χ2n) is 14.2. The molecule has 2 saturated heterocycles. The molecule has 3 aliphatic heterocycles. The van der Waals surface area contributed by atoms with Gasteiger partial charge in [0.2, 0.25) is 11.8 Å². The van der Waals surface area contributed by atoms with Gasteiger partial charge in [0, 0.05) is 64.8 Å². The predicted octanol–water partition coefficient (Wildman–Crippen LogP) is 4.98. The van der Waals surface area contributed by atoms with Gasteiger partial charge >= 0.3 is 6.03 Å². The molecule has 3 aromatic rings. The minimum absolute atomic E-state index is 0.0608. The second-order valence-corrected chi connectivity index (χ2v) is 17.1. The number of urea groups is 1. The highest BCUT2D eigenvalue weighted by atomic mass is 35.5. The number of rotatable bonds is 22. The van der Waals surface area contributed by atoms with Crippen LogP contribution in [0, 0.1) is 20.8 Å². The van der Waals surface area contributed by atoms with E-state index < -0.39 is 6.04 Å². The molecule has 1 aromatic carbocycles. The molecule has 304 valence electrons. The van der Waals surface area contributed by atoms with Crippen LogP contribution in [0.15, 0.2) is 29.3 Å². The van der Waals surface area contributed by atoms with E-state index in [1.807, 2.05) is 47.5 Å². The third kappa shape index (κ3) is 11.1. The molecule has 3 unspecified atom stereocenters. The van der Waals surface area contributed by atoms with Gasteiger partial charge in [0.25, 0.3) is 0 Å². The molecule has 0 radical (unpaired) electrons. The Labute approximate surface area is 341 Å². The summed E-state index contributed by atoms with van der Waals surface area (Å²) in [4.78, 5) is 43.2. The summed E-state index contributed by atoms with van der Waals surface area (Å²) in [5.74, 6) is 2.31. The minimum atomic E-state index is -0.516. The molecular formula is C39H53ClN8O6S2. The molecule has 0 saturated carbocycles. The zero-order valence-electron chi connectivity index (χ0n) is 32.4. The van der Waals surface area contributed by atoms with Gasteiger partial charge in [-0.3, -0.25) is 19.1 Å². The number of hydrogen-bond donors (Lipinski definition) is 4. The van der Waals surface area contributed by atoms with Crippen molar-refractivity contribution in [3.05, 3.63) is 62.5 Å². The van der Waals surface area contributed by atoms with Gasteiger partial charge in [-0.05, 0) is 64.2 Å². The van der Waals surface area contributed by atoms with Crippen LogP contribution in [-0.4, -0.2) is 114 Å². The molecule has 2 aromatic heterocycles. The fourth-order valence-electron chi connectivity index (χ4n) is 7.09. The van der Waals surface area contributed by atoms with Crippen molar-refractivity contribution < 1.29 is 28.6 Å². The molecule has 4 atom stereocenters. The molecule has 0 spiro atoms. The van der Waals surface area contributed by atoms with Crippen molar-refractivity contribution in [3.63, 3.8) is 0 Å². The van der Waals surface area contributed by atoms with E-state index in [0.29, 0.717) is 81.7 Å². The fourth-order valence-corrected chi connectivity index (χ4v) is 9.97.